The highest BCUT2D eigenvalue weighted by Gasteiger charge is 2.37. The third kappa shape index (κ3) is 1.75. The lowest BCUT2D eigenvalue weighted by Crippen LogP contribution is -2.49. The van der Waals surface area contributed by atoms with Crippen LogP contribution in [0.4, 0.5) is 0 Å². The summed E-state index contributed by atoms with van der Waals surface area (Å²) in [5, 5.41) is 0. The molecule has 2 rings (SSSR count). The van der Waals surface area contributed by atoms with Crippen LogP contribution in [-0.4, -0.2) is 36.2 Å². The first-order chi connectivity index (χ1) is 6.33. The number of likely N-dealkylation sites (tertiary alicyclic amines) is 1. The van der Waals surface area contributed by atoms with E-state index in [-0.39, 0.29) is 0 Å². The van der Waals surface area contributed by atoms with Crippen LogP contribution in [0, 0.1) is 0 Å². The average molecular weight is 183 g/mol. The molecule has 2 aliphatic heterocycles. The van der Waals surface area contributed by atoms with Crippen molar-refractivity contribution in [3.8, 4) is 0 Å². The molecule has 2 heteroatoms. The van der Waals surface area contributed by atoms with Crippen LogP contribution in [0.2, 0.25) is 0 Å². The molecular weight excluding hydrogens is 162 g/mol. The molecule has 0 aliphatic carbocycles. The van der Waals surface area contributed by atoms with Gasteiger partial charge in [-0.3, -0.25) is 4.90 Å². The van der Waals surface area contributed by atoms with Crippen LogP contribution in [-0.2, 0) is 4.74 Å². The van der Waals surface area contributed by atoms with Crippen LogP contribution in [0.1, 0.15) is 39.5 Å². The SMILES string of the molecule is CCC(C)N1CCCC2OCCC21. The summed E-state index contributed by atoms with van der Waals surface area (Å²) < 4.78 is 5.74. The van der Waals surface area contributed by atoms with E-state index >= 15 is 0 Å². The van der Waals surface area contributed by atoms with Crippen LogP contribution in [0.15, 0.2) is 0 Å². The van der Waals surface area contributed by atoms with Gasteiger partial charge in [-0.25, -0.2) is 0 Å². The number of piperidine rings is 1. The standard InChI is InChI=1S/C11H21NO/c1-3-9(2)12-7-4-5-11-10(12)6-8-13-11/h9-11H,3-8H2,1-2H3. The minimum Gasteiger partial charge on any atom is -0.377 e. The normalized spacial score (nSPS) is 37.4. The van der Waals surface area contributed by atoms with Crippen LogP contribution in [0.25, 0.3) is 0 Å². The molecule has 0 amide bonds. The van der Waals surface area contributed by atoms with Gasteiger partial charge in [0.2, 0.25) is 0 Å². The number of ether oxygens (including phenoxy) is 1. The maximum atomic E-state index is 5.74. The summed E-state index contributed by atoms with van der Waals surface area (Å²) in [5.41, 5.74) is 0. The van der Waals surface area contributed by atoms with Crippen LogP contribution in [0.5, 0.6) is 0 Å². The van der Waals surface area contributed by atoms with Crippen molar-refractivity contribution in [2.75, 3.05) is 13.2 Å². The van der Waals surface area contributed by atoms with Crippen molar-refractivity contribution in [1.82, 2.24) is 4.90 Å². The minimum atomic E-state index is 0.558. The number of hydrogen-bond acceptors (Lipinski definition) is 2. The van der Waals surface area contributed by atoms with Gasteiger partial charge in [0.05, 0.1) is 6.10 Å². The lowest BCUT2D eigenvalue weighted by atomic mass is 9.96. The highest BCUT2D eigenvalue weighted by atomic mass is 16.5. The van der Waals surface area contributed by atoms with Crippen LogP contribution < -0.4 is 0 Å². The Hall–Kier alpha value is -0.0800. The molecule has 13 heavy (non-hydrogen) atoms. The Morgan fingerprint density at radius 1 is 1.46 bits per heavy atom. The maximum absolute atomic E-state index is 5.74. The molecule has 2 heterocycles. The number of nitrogens with zero attached hydrogens (tertiary/aromatic N) is 1. The van der Waals surface area contributed by atoms with Gasteiger partial charge >= 0.3 is 0 Å². The van der Waals surface area contributed by atoms with Gasteiger partial charge in [-0.05, 0) is 39.2 Å². The van der Waals surface area contributed by atoms with Crippen molar-refractivity contribution in [2.24, 2.45) is 0 Å². The van der Waals surface area contributed by atoms with E-state index in [1.54, 1.807) is 0 Å². The summed E-state index contributed by atoms with van der Waals surface area (Å²) in [6.07, 6.45) is 5.70. The Morgan fingerprint density at radius 3 is 3.08 bits per heavy atom. The van der Waals surface area contributed by atoms with E-state index in [0.29, 0.717) is 6.10 Å². The molecule has 76 valence electrons. The summed E-state index contributed by atoms with van der Waals surface area (Å²) in [6.45, 7) is 6.91. The summed E-state index contributed by atoms with van der Waals surface area (Å²) in [6, 6.07) is 1.48. The molecule has 0 aromatic heterocycles. The average Bonchev–Trinajstić information content (AvgIpc) is 2.63. The Labute approximate surface area is 81.3 Å². The monoisotopic (exact) mass is 183 g/mol. The highest BCUT2D eigenvalue weighted by molar-refractivity contribution is 4.90. The molecule has 0 saturated carbocycles. The highest BCUT2D eigenvalue weighted by Crippen LogP contribution is 2.29. The van der Waals surface area contributed by atoms with E-state index in [1.807, 2.05) is 0 Å². The van der Waals surface area contributed by atoms with Crippen molar-refractivity contribution in [3.05, 3.63) is 0 Å². The molecule has 2 fully saturated rings. The summed E-state index contributed by atoms with van der Waals surface area (Å²) in [7, 11) is 0. The van der Waals surface area contributed by atoms with Crippen molar-refractivity contribution in [1.29, 1.82) is 0 Å². The zero-order chi connectivity index (χ0) is 9.26. The first-order valence-electron chi connectivity index (χ1n) is 5.70. The molecule has 3 atom stereocenters. The van der Waals surface area contributed by atoms with Crippen molar-refractivity contribution in [3.63, 3.8) is 0 Å². The van der Waals surface area contributed by atoms with Crippen molar-refractivity contribution < 1.29 is 4.74 Å². The minimum absolute atomic E-state index is 0.558. The molecule has 2 nitrogen and oxygen atoms in total. The largest absolute Gasteiger partial charge is 0.377 e. The first-order valence-corrected chi connectivity index (χ1v) is 5.70. The van der Waals surface area contributed by atoms with E-state index in [2.05, 4.69) is 18.7 Å². The molecule has 2 saturated heterocycles. The molecule has 3 unspecified atom stereocenters. The Kier molecular flexibility index (Phi) is 2.89. The molecule has 0 N–H and O–H groups in total. The smallest absolute Gasteiger partial charge is 0.0731 e. The zero-order valence-corrected chi connectivity index (χ0v) is 8.83. The predicted molar refractivity (Wildman–Crippen MR) is 53.8 cm³/mol. The fourth-order valence-corrected chi connectivity index (χ4v) is 2.71. The van der Waals surface area contributed by atoms with Gasteiger partial charge in [-0.1, -0.05) is 6.92 Å². The summed E-state index contributed by atoms with van der Waals surface area (Å²) in [4.78, 5) is 2.67. The molecule has 0 aromatic rings. The Balaban J connectivity index is 2.01. The first kappa shape index (κ1) is 9.47. The second kappa shape index (κ2) is 3.97. The van der Waals surface area contributed by atoms with E-state index in [1.165, 1.54) is 32.2 Å². The predicted octanol–water partition coefficient (Wildman–Crippen LogP) is 2.04. The fourth-order valence-electron chi connectivity index (χ4n) is 2.71. The van der Waals surface area contributed by atoms with Crippen molar-refractivity contribution in [2.45, 2.75) is 57.7 Å². The molecule has 2 aliphatic rings. The number of rotatable bonds is 2. The van der Waals surface area contributed by atoms with Gasteiger partial charge in [0.25, 0.3) is 0 Å². The molecular formula is C11H21NO. The van der Waals surface area contributed by atoms with Crippen molar-refractivity contribution >= 4 is 0 Å². The number of hydrogen-bond donors (Lipinski definition) is 0. The molecule has 0 aromatic carbocycles. The quantitative estimate of drug-likeness (QED) is 0.649. The van der Waals surface area contributed by atoms with Gasteiger partial charge in [0, 0.05) is 18.7 Å². The van der Waals surface area contributed by atoms with E-state index in [4.69, 9.17) is 4.74 Å². The van der Waals surface area contributed by atoms with Gasteiger partial charge in [0.1, 0.15) is 0 Å². The van der Waals surface area contributed by atoms with Crippen LogP contribution in [0.3, 0.4) is 0 Å². The van der Waals surface area contributed by atoms with Gasteiger partial charge in [-0.15, -0.1) is 0 Å². The maximum Gasteiger partial charge on any atom is 0.0731 e. The second-order valence-corrected chi connectivity index (χ2v) is 4.40. The zero-order valence-electron chi connectivity index (χ0n) is 8.83. The van der Waals surface area contributed by atoms with E-state index < -0.39 is 0 Å². The Bertz CT molecular complexity index is 171. The van der Waals surface area contributed by atoms with Gasteiger partial charge < -0.3 is 4.74 Å². The molecule has 0 bridgehead atoms. The third-order valence-electron chi connectivity index (χ3n) is 3.66. The van der Waals surface area contributed by atoms with Crippen LogP contribution >= 0.6 is 0 Å². The lowest BCUT2D eigenvalue weighted by molar-refractivity contribution is 0.00963. The summed E-state index contributed by atoms with van der Waals surface area (Å²) in [5.74, 6) is 0. The molecule has 0 spiro atoms. The third-order valence-corrected chi connectivity index (χ3v) is 3.66. The van der Waals surface area contributed by atoms with E-state index in [0.717, 1.165) is 18.7 Å². The van der Waals surface area contributed by atoms with E-state index in [9.17, 15) is 0 Å². The second-order valence-electron chi connectivity index (χ2n) is 4.40. The Morgan fingerprint density at radius 2 is 2.31 bits per heavy atom. The molecule has 0 radical (unpaired) electrons. The fraction of sp³-hybridized carbons (Fsp3) is 1.00. The number of fused-ring (bicyclic) bond motifs is 1. The van der Waals surface area contributed by atoms with Gasteiger partial charge in [-0.2, -0.15) is 0 Å². The van der Waals surface area contributed by atoms with Gasteiger partial charge in [0.15, 0.2) is 0 Å². The summed E-state index contributed by atoms with van der Waals surface area (Å²) >= 11 is 0. The topological polar surface area (TPSA) is 12.5 Å². The lowest BCUT2D eigenvalue weighted by Gasteiger charge is -2.40.